The SMILES string of the molecule is CC(C#CC(C)OC(=O)C1CC1)OC=O. The molecule has 1 saturated carbocycles. The molecule has 4 nitrogen and oxygen atoms in total. The molecule has 2 atom stereocenters. The van der Waals surface area contributed by atoms with Gasteiger partial charge in [0.15, 0.2) is 12.2 Å². The highest BCUT2D eigenvalue weighted by molar-refractivity contribution is 5.75. The lowest BCUT2D eigenvalue weighted by atomic mass is 10.3. The molecule has 1 aliphatic carbocycles. The van der Waals surface area contributed by atoms with Gasteiger partial charge in [-0.3, -0.25) is 9.59 Å². The van der Waals surface area contributed by atoms with Crippen molar-refractivity contribution in [3.63, 3.8) is 0 Å². The molecule has 0 N–H and O–H groups in total. The van der Waals surface area contributed by atoms with E-state index >= 15 is 0 Å². The monoisotopic (exact) mass is 210 g/mol. The average Bonchev–Trinajstić information content (AvgIpc) is 2.98. The van der Waals surface area contributed by atoms with Crippen LogP contribution in [0.4, 0.5) is 0 Å². The van der Waals surface area contributed by atoms with Crippen LogP contribution in [0.3, 0.4) is 0 Å². The van der Waals surface area contributed by atoms with Gasteiger partial charge in [0.2, 0.25) is 0 Å². The molecule has 0 heterocycles. The Labute approximate surface area is 88.9 Å². The van der Waals surface area contributed by atoms with Crippen LogP contribution in [-0.4, -0.2) is 24.6 Å². The zero-order valence-corrected chi connectivity index (χ0v) is 8.86. The van der Waals surface area contributed by atoms with E-state index in [1.54, 1.807) is 13.8 Å². The molecule has 2 unspecified atom stereocenters. The van der Waals surface area contributed by atoms with Crippen molar-refractivity contribution in [2.75, 3.05) is 0 Å². The molecule has 82 valence electrons. The predicted octanol–water partition coefficient (Wildman–Crippen LogP) is 0.893. The minimum atomic E-state index is -0.468. The molecule has 0 spiro atoms. The van der Waals surface area contributed by atoms with Gasteiger partial charge in [-0.1, -0.05) is 11.8 Å². The van der Waals surface area contributed by atoms with Crippen molar-refractivity contribution in [3.05, 3.63) is 0 Å². The fraction of sp³-hybridized carbons (Fsp3) is 0.636. The second-order valence-corrected chi connectivity index (χ2v) is 3.52. The third-order valence-corrected chi connectivity index (χ3v) is 1.95. The topological polar surface area (TPSA) is 52.6 Å². The van der Waals surface area contributed by atoms with Gasteiger partial charge >= 0.3 is 5.97 Å². The predicted molar refractivity (Wildman–Crippen MR) is 52.7 cm³/mol. The first-order valence-corrected chi connectivity index (χ1v) is 4.94. The van der Waals surface area contributed by atoms with Gasteiger partial charge < -0.3 is 9.47 Å². The van der Waals surface area contributed by atoms with E-state index in [0.717, 1.165) is 12.8 Å². The lowest BCUT2D eigenvalue weighted by molar-refractivity contribution is -0.147. The van der Waals surface area contributed by atoms with Gasteiger partial charge in [-0.25, -0.2) is 0 Å². The molecule has 0 saturated heterocycles. The zero-order valence-electron chi connectivity index (χ0n) is 8.86. The van der Waals surface area contributed by atoms with Crippen LogP contribution in [0.15, 0.2) is 0 Å². The van der Waals surface area contributed by atoms with Crippen LogP contribution in [0.2, 0.25) is 0 Å². The summed E-state index contributed by atoms with van der Waals surface area (Å²) in [4.78, 5) is 21.2. The van der Waals surface area contributed by atoms with Gasteiger partial charge in [-0.15, -0.1) is 0 Å². The summed E-state index contributed by atoms with van der Waals surface area (Å²) in [7, 11) is 0. The first-order chi connectivity index (χ1) is 7.13. The maximum Gasteiger partial charge on any atom is 0.310 e. The van der Waals surface area contributed by atoms with Gasteiger partial charge in [0, 0.05) is 0 Å². The second kappa shape index (κ2) is 5.40. The highest BCUT2D eigenvalue weighted by Crippen LogP contribution is 2.30. The Morgan fingerprint density at radius 2 is 1.93 bits per heavy atom. The Kier molecular flexibility index (Phi) is 4.17. The number of esters is 1. The highest BCUT2D eigenvalue weighted by Gasteiger charge is 2.31. The van der Waals surface area contributed by atoms with Crippen LogP contribution in [0.25, 0.3) is 0 Å². The van der Waals surface area contributed by atoms with E-state index in [-0.39, 0.29) is 11.9 Å². The summed E-state index contributed by atoms with van der Waals surface area (Å²) in [6.45, 7) is 3.69. The van der Waals surface area contributed by atoms with Crippen molar-refractivity contribution in [2.24, 2.45) is 5.92 Å². The minimum absolute atomic E-state index is 0.0814. The van der Waals surface area contributed by atoms with E-state index in [2.05, 4.69) is 16.6 Å². The zero-order chi connectivity index (χ0) is 11.3. The molecular formula is C11H14O4. The smallest absolute Gasteiger partial charge is 0.310 e. The summed E-state index contributed by atoms with van der Waals surface area (Å²) in [6, 6.07) is 0. The van der Waals surface area contributed by atoms with Crippen LogP contribution in [0.5, 0.6) is 0 Å². The average molecular weight is 210 g/mol. The van der Waals surface area contributed by atoms with Crippen LogP contribution >= 0.6 is 0 Å². The van der Waals surface area contributed by atoms with Gasteiger partial charge in [-0.2, -0.15) is 0 Å². The maximum atomic E-state index is 11.2. The number of rotatable bonds is 4. The van der Waals surface area contributed by atoms with Crippen LogP contribution in [0.1, 0.15) is 26.7 Å². The van der Waals surface area contributed by atoms with E-state index in [0.29, 0.717) is 6.47 Å². The summed E-state index contributed by atoms with van der Waals surface area (Å²) in [5.41, 5.74) is 0. The normalized spacial score (nSPS) is 18.0. The summed E-state index contributed by atoms with van der Waals surface area (Å²) >= 11 is 0. The molecule has 1 aliphatic rings. The van der Waals surface area contributed by atoms with Crippen LogP contribution in [0, 0.1) is 17.8 Å². The molecule has 0 radical (unpaired) electrons. The Morgan fingerprint density at radius 1 is 1.33 bits per heavy atom. The Hall–Kier alpha value is -1.50. The van der Waals surface area contributed by atoms with E-state index in [4.69, 9.17) is 4.74 Å². The van der Waals surface area contributed by atoms with Gasteiger partial charge in [0.05, 0.1) is 5.92 Å². The van der Waals surface area contributed by atoms with Crippen molar-refractivity contribution >= 4 is 12.4 Å². The molecule has 0 aromatic rings. The van der Waals surface area contributed by atoms with Crippen molar-refractivity contribution in [1.29, 1.82) is 0 Å². The van der Waals surface area contributed by atoms with Gasteiger partial charge in [0.25, 0.3) is 6.47 Å². The third-order valence-electron chi connectivity index (χ3n) is 1.95. The molecule has 1 rings (SSSR count). The van der Waals surface area contributed by atoms with E-state index in [1.807, 2.05) is 0 Å². The molecule has 0 bridgehead atoms. The fourth-order valence-electron chi connectivity index (χ4n) is 0.971. The largest absolute Gasteiger partial charge is 0.452 e. The summed E-state index contributed by atoms with van der Waals surface area (Å²) in [6.07, 6.45) is 0.924. The first-order valence-electron chi connectivity index (χ1n) is 4.94. The molecule has 0 aliphatic heterocycles. The quantitative estimate of drug-likeness (QED) is 0.393. The Morgan fingerprint density at radius 3 is 2.47 bits per heavy atom. The number of carbonyl (C=O) groups is 2. The first kappa shape index (κ1) is 11.6. The van der Waals surface area contributed by atoms with Crippen molar-refractivity contribution in [2.45, 2.75) is 38.9 Å². The molecule has 4 heteroatoms. The van der Waals surface area contributed by atoms with E-state index < -0.39 is 12.2 Å². The van der Waals surface area contributed by atoms with E-state index in [9.17, 15) is 9.59 Å². The van der Waals surface area contributed by atoms with Crippen LogP contribution < -0.4 is 0 Å². The summed E-state index contributed by atoms with van der Waals surface area (Å²) < 4.78 is 9.61. The number of hydrogen-bond acceptors (Lipinski definition) is 4. The lowest BCUT2D eigenvalue weighted by Crippen LogP contribution is -2.15. The maximum absolute atomic E-state index is 11.2. The fourth-order valence-corrected chi connectivity index (χ4v) is 0.971. The molecule has 0 aromatic heterocycles. The molecule has 1 fully saturated rings. The van der Waals surface area contributed by atoms with Crippen molar-refractivity contribution < 1.29 is 19.1 Å². The standard InChI is InChI=1S/C11H14O4/c1-8(14-7-12)3-4-9(2)15-11(13)10-5-6-10/h7-10H,5-6H2,1-2H3. The Bertz CT molecular complexity index is 295. The lowest BCUT2D eigenvalue weighted by Gasteiger charge is -2.06. The highest BCUT2D eigenvalue weighted by atomic mass is 16.5. The minimum Gasteiger partial charge on any atom is -0.452 e. The number of ether oxygens (including phenoxy) is 2. The molecule has 15 heavy (non-hydrogen) atoms. The second-order valence-electron chi connectivity index (χ2n) is 3.52. The molecule has 0 aromatic carbocycles. The molecular weight excluding hydrogens is 196 g/mol. The molecule has 0 amide bonds. The summed E-state index contributed by atoms with van der Waals surface area (Å²) in [5.74, 6) is 5.27. The van der Waals surface area contributed by atoms with Crippen LogP contribution in [-0.2, 0) is 19.1 Å². The van der Waals surface area contributed by atoms with Gasteiger partial charge in [0.1, 0.15) is 0 Å². The summed E-state index contributed by atoms with van der Waals surface area (Å²) in [5, 5.41) is 0. The number of carbonyl (C=O) groups excluding carboxylic acids is 2. The van der Waals surface area contributed by atoms with Crippen molar-refractivity contribution in [1.82, 2.24) is 0 Å². The number of hydrogen-bond donors (Lipinski definition) is 0. The van der Waals surface area contributed by atoms with Crippen molar-refractivity contribution in [3.8, 4) is 11.8 Å². The van der Waals surface area contributed by atoms with E-state index in [1.165, 1.54) is 0 Å². The third kappa shape index (κ3) is 4.50. The Balaban J connectivity index is 2.29. The van der Waals surface area contributed by atoms with Gasteiger partial charge in [-0.05, 0) is 26.7 Å².